The smallest absolute Gasteiger partial charge is 0.259 e. The molecule has 178 valence electrons. The van der Waals surface area contributed by atoms with Gasteiger partial charge >= 0.3 is 0 Å². The Morgan fingerprint density at radius 2 is 1.74 bits per heavy atom. The quantitative estimate of drug-likeness (QED) is 0.413. The van der Waals surface area contributed by atoms with Crippen molar-refractivity contribution in [2.45, 2.75) is 12.8 Å². The number of benzene rings is 2. The van der Waals surface area contributed by atoms with Crippen LogP contribution in [0, 0.1) is 0 Å². The van der Waals surface area contributed by atoms with Gasteiger partial charge in [0.25, 0.3) is 5.91 Å². The lowest BCUT2D eigenvalue weighted by Crippen LogP contribution is -2.36. The zero-order chi connectivity index (χ0) is 24.1. The highest BCUT2D eigenvalue weighted by Gasteiger charge is 2.24. The number of hydrogen-bond donors (Lipinski definition) is 2. The van der Waals surface area contributed by atoms with Crippen LogP contribution in [0.2, 0.25) is 0 Å². The second kappa shape index (κ2) is 8.39. The summed E-state index contributed by atoms with van der Waals surface area (Å²) in [5, 5.41) is 8.68. The van der Waals surface area contributed by atoms with Gasteiger partial charge in [-0.3, -0.25) is 14.0 Å². The Kier molecular flexibility index (Phi) is 5.18. The van der Waals surface area contributed by atoms with E-state index in [2.05, 4.69) is 39.8 Å². The average molecular weight is 469 g/mol. The minimum atomic E-state index is -0.346. The third-order valence-electron chi connectivity index (χ3n) is 7.15. The van der Waals surface area contributed by atoms with E-state index < -0.39 is 0 Å². The molecule has 2 aromatic carbocycles. The van der Waals surface area contributed by atoms with Crippen LogP contribution in [0.4, 0.5) is 5.82 Å². The van der Waals surface area contributed by atoms with Gasteiger partial charge in [-0.05, 0) is 61.0 Å². The van der Waals surface area contributed by atoms with E-state index in [0.717, 1.165) is 41.4 Å². The van der Waals surface area contributed by atoms with Gasteiger partial charge in [0.2, 0.25) is 5.43 Å². The van der Waals surface area contributed by atoms with Crippen LogP contribution in [0.25, 0.3) is 38.5 Å². The fourth-order valence-corrected chi connectivity index (χ4v) is 5.33. The van der Waals surface area contributed by atoms with Crippen molar-refractivity contribution in [1.29, 1.82) is 0 Å². The van der Waals surface area contributed by atoms with Crippen LogP contribution in [0.5, 0.6) is 0 Å². The number of nitrogens with one attached hydrogen (secondary N) is 2. The fourth-order valence-electron chi connectivity index (χ4n) is 5.33. The number of pyridine rings is 2. The molecule has 35 heavy (non-hydrogen) atoms. The maximum atomic E-state index is 13.7. The minimum absolute atomic E-state index is 0.153. The molecule has 4 heterocycles. The van der Waals surface area contributed by atoms with E-state index in [1.54, 1.807) is 19.2 Å². The third kappa shape index (κ3) is 3.44. The number of carbonyl (C=O) groups is 1. The number of imidazole rings is 1. The summed E-state index contributed by atoms with van der Waals surface area (Å²) in [6.07, 6.45) is 2.40. The number of carbonyl (C=O) groups excluding carboxylic acids is 1. The minimum Gasteiger partial charge on any atom is -0.373 e. The molecule has 0 atom stereocenters. The molecule has 0 spiro atoms. The summed E-state index contributed by atoms with van der Waals surface area (Å²) in [6.45, 7) is 3.43. The summed E-state index contributed by atoms with van der Waals surface area (Å²) in [4.78, 5) is 34.3. The van der Waals surface area contributed by atoms with E-state index in [1.807, 2.05) is 28.1 Å². The topological polar surface area (TPSA) is 83.7 Å². The standard InChI is InChI=1S/C27H28N6O2/c1-28-22-10-9-19-24(34)23(26(35)29-11-14-32-12-5-6-13-32)27-31(2)20-15-17-7-3-4-8-18(17)16-21(20)33(27)25(19)30-22/h3-4,7-10,15-16H,5-6,11-14H2,1-2H3,(H,28,30)(H,29,35). The van der Waals surface area contributed by atoms with Crippen LogP contribution in [-0.2, 0) is 7.05 Å². The molecule has 2 N–H and O–H groups in total. The van der Waals surface area contributed by atoms with Crippen molar-refractivity contribution in [3.8, 4) is 0 Å². The predicted octanol–water partition coefficient (Wildman–Crippen LogP) is 3.36. The third-order valence-corrected chi connectivity index (χ3v) is 7.15. The summed E-state index contributed by atoms with van der Waals surface area (Å²) in [6, 6.07) is 15.9. The number of fused-ring (bicyclic) bond motifs is 6. The van der Waals surface area contributed by atoms with Gasteiger partial charge in [-0.1, -0.05) is 24.3 Å². The highest BCUT2D eigenvalue weighted by molar-refractivity contribution is 6.07. The van der Waals surface area contributed by atoms with Crippen LogP contribution in [0.15, 0.2) is 53.3 Å². The first-order valence-corrected chi connectivity index (χ1v) is 12.1. The lowest BCUT2D eigenvalue weighted by Gasteiger charge is -2.15. The molecule has 1 aliphatic heterocycles. The Morgan fingerprint density at radius 1 is 1.03 bits per heavy atom. The lowest BCUT2D eigenvalue weighted by molar-refractivity contribution is 0.0950. The zero-order valence-corrected chi connectivity index (χ0v) is 20.0. The normalized spacial score (nSPS) is 14.5. The van der Waals surface area contributed by atoms with Crippen molar-refractivity contribution in [1.82, 2.24) is 24.2 Å². The molecule has 0 unspecified atom stereocenters. The number of aryl methyl sites for hydroxylation is 1. The van der Waals surface area contributed by atoms with E-state index in [1.165, 1.54) is 12.8 Å². The van der Waals surface area contributed by atoms with Gasteiger partial charge in [0.1, 0.15) is 17.0 Å². The molecule has 1 aliphatic rings. The Hall–Kier alpha value is -3.91. The average Bonchev–Trinajstić information content (AvgIpc) is 3.49. The number of likely N-dealkylation sites (tertiary alicyclic amines) is 1. The molecule has 8 nitrogen and oxygen atoms in total. The molecule has 1 amide bonds. The molecule has 1 saturated heterocycles. The Balaban J connectivity index is 1.61. The van der Waals surface area contributed by atoms with Gasteiger partial charge < -0.3 is 20.1 Å². The Bertz CT molecular complexity index is 1680. The summed E-state index contributed by atoms with van der Waals surface area (Å²) in [5.41, 5.74) is 2.76. The molecule has 3 aromatic heterocycles. The number of hydrogen-bond acceptors (Lipinski definition) is 5. The molecule has 5 aromatic rings. The largest absolute Gasteiger partial charge is 0.373 e. The van der Waals surface area contributed by atoms with E-state index in [0.29, 0.717) is 29.0 Å². The summed E-state index contributed by atoms with van der Waals surface area (Å²) in [5.74, 6) is 0.313. The molecule has 8 heteroatoms. The first kappa shape index (κ1) is 21.6. The molecular formula is C27H28N6O2. The maximum absolute atomic E-state index is 13.7. The van der Waals surface area contributed by atoms with Gasteiger partial charge in [0, 0.05) is 27.2 Å². The van der Waals surface area contributed by atoms with Crippen molar-refractivity contribution >= 4 is 50.2 Å². The van der Waals surface area contributed by atoms with Crippen molar-refractivity contribution in [2.75, 3.05) is 38.5 Å². The molecule has 0 saturated carbocycles. The first-order valence-electron chi connectivity index (χ1n) is 12.1. The number of rotatable bonds is 5. The van der Waals surface area contributed by atoms with E-state index in [-0.39, 0.29) is 16.9 Å². The van der Waals surface area contributed by atoms with E-state index in [9.17, 15) is 9.59 Å². The van der Waals surface area contributed by atoms with E-state index >= 15 is 0 Å². The number of nitrogens with zero attached hydrogens (tertiary/aromatic N) is 4. The molecule has 1 fully saturated rings. The molecule has 0 radical (unpaired) electrons. The Labute approximate surface area is 202 Å². The second-order valence-electron chi connectivity index (χ2n) is 9.23. The van der Waals surface area contributed by atoms with Crippen molar-refractivity contribution in [2.24, 2.45) is 7.05 Å². The zero-order valence-electron chi connectivity index (χ0n) is 20.0. The van der Waals surface area contributed by atoms with Gasteiger partial charge in [0.15, 0.2) is 5.65 Å². The van der Waals surface area contributed by atoms with Crippen LogP contribution in [0.1, 0.15) is 23.2 Å². The second-order valence-corrected chi connectivity index (χ2v) is 9.23. The highest BCUT2D eigenvalue weighted by atomic mass is 16.2. The maximum Gasteiger partial charge on any atom is 0.259 e. The summed E-state index contributed by atoms with van der Waals surface area (Å²) in [7, 11) is 3.70. The van der Waals surface area contributed by atoms with Crippen LogP contribution in [-0.4, -0.2) is 58.0 Å². The molecule has 0 bridgehead atoms. The van der Waals surface area contributed by atoms with E-state index in [4.69, 9.17) is 4.98 Å². The SMILES string of the molecule is CNc1ccc2c(=O)c(C(=O)NCCN3CCCC3)c3n(C)c4cc5ccccc5cc4n3c2n1. The van der Waals surface area contributed by atoms with Crippen LogP contribution < -0.4 is 16.1 Å². The lowest BCUT2D eigenvalue weighted by atomic mass is 10.1. The van der Waals surface area contributed by atoms with Crippen molar-refractivity contribution in [3.05, 3.63) is 64.3 Å². The van der Waals surface area contributed by atoms with Crippen molar-refractivity contribution in [3.63, 3.8) is 0 Å². The summed E-state index contributed by atoms with van der Waals surface area (Å²) >= 11 is 0. The van der Waals surface area contributed by atoms with Gasteiger partial charge in [-0.2, -0.15) is 0 Å². The van der Waals surface area contributed by atoms with Gasteiger partial charge in [-0.15, -0.1) is 0 Å². The van der Waals surface area contributed by atoms with Crippen LogP contribution in [0.3, 0.4) is 0 Å². The van der Waals surface area contributed by atoms with Gasteiger partial charge in [-0.25, -0.2) is 4.98 Å². The van der Waals surface area contributed by atoms with Crippen LogP contribution >= 0.6 is 0 Å². The monoisotopic (exact) mass is 468 g/mol. The number of aromatic nitrogens is 3. The van der Waals surface area contributed by atoms with Crippen molar-refractivity contribution < 1.29 is 4.79 Å². The highest BCUT2D eigenvalue weighted by Crippen LogP contribution is 2.29. The number of anilines is 1. The molecule has 6 rings (SSSR count). The molecular weight excluding hydrogens is 440 g/mol. The van der Waals surface area contributed by atoms with Gasteiger partial charge in [0.05, 0.1) is 16.4 Å². The first-order chi connectivity index (χ1) is 17.1. The summed E-state index contributed by atoms with van der Waals surface area (Å²) < 4.78 is 3.89. The predicted molar refractivity (Wildman–Crippen MR) is 141 cm³/mol. The Morgan fingerprint density at radius 3 is 2.46 bits per heavy atom. The molecule has 0 aliphatic carbocycles. The number of amides is 1. The fraction of sp³-hybridized carbons (Fsp3) is 0.296.